The summed E-state index contributed by atoms with van der Waals surface area (Å²) in [5, 5.41) is 0.706. The van der Waals surface area contributed by atoms with Crippen LogP contribution in [-0.2, 0) is 6.54 Å². The van der Waals surface area contributed by atoms with E-state index in [9.17, 15) is 4.79 Å². The Morgan fingerprint density at radius 2 is 1.91 bits per heavy atom. The van der Waals surface area contributed by atoms with E-state index in [2.05, 4.69) is 16.7 Å². The van der Waals surface area contributed by atoms with Gasteiger partial charge in [-0.3, -0.25) is 4.79 Å². The van der Waals surface area contributed by atoms with Crippen molar-refractivity contribution in [3.8, 4) is 5.69 Å². The fourth-order valence-corrected chi connectivity index (χ4v) is 3.93. The molecule has 2 aliphatic heterocycles. The van der Waals surface area contributed by atoms with E-state index in [4.69, 9.17) is 11.6 Å². The molecule has 0 aliphatic carbocycles. The van der Waals surface area contributed by atoms with E-state index in [-0.39, 0.29) is 11.9 Å². The third-order valence-corrected chi connectivity index (χ3v) is 5.00. The van der Waals surface area contributed by atoms with Crippen molar-refractivity contribution in [2.24, 2.45) is 0 Å². The van der Waals surface area contributed by atoms with Gasteiger partial charge in [-0.15, -0.1) is 0 Å². The van der Waals surface area contributed by atoms with Gasteiger partial charge in [-0.25, -0.2) is 0 Å². The van der Waals surface area contributed by atoms with Crippen LogP contribution >= 0.6 is 11.6 Å². The largest absolute Gasteiger partial charge is 0.322 e. The van der Waals surface area contributed by atoms with Crippen LogP contribution < -0.4 is 0 Å². The minimum absolute atomic E-state index is 0.0418. The predicted molar refractivity (Wildman–Crippen MR) is 88.9 cm³/mol. The fraction of sp³-hybridized carbons (Fsp3) is 0.105. The fourth-order valence-electron chi connectivity index (χ4n) is 3.77. The number of benzene rings is 2. The first kappa shape index (κ1) is 13.0. The van der Waals surface area contributed by atoms with Gasteiger partial charge in [-0.1, -0.05) is 35.9 Å². The van der Waals surface area contributed by atoms with Crippen molar-refractivity contribution in [1.82, 2.24) is 9.47 Å². The van der Waals surface area contributed by atoms with Crippen LogP contribution in [0.2, 0.25) is 5.02 Å². The van der Waals surface area contributed by atoms with Gasteiger partial charge < -0.3 is 9.47 Å². The van der Waals surface area contributed by atoms with Crippen molar-refractivity contribution in [2.75, 3.05) is 0 Å². The number of aromatic nitrogens is 1. The molecule has 112 valence electrons. The SMILES string of the molecule is O=C1c2ccccc2[C@H]2c3cccn3-c3cc(Cl)ccc3CN12. The minimum atomic E-state index is -0.0418. The van der Waals surface area contributed by atoms with Crippen LogP contribution in [0.4, 0.5) is 0 Å². The van der Waals surface area contributed by atoms with Gasteiger partial charge in [-0.05, 0) is 41.5 Å². The van der Waals surface area contributed by atoms with Crippen LogP contribution in [0.25, 0.3) is 5.69 Å². The maximum Gasteiger partial charge on any atom is 0.255 e. The highest BCUT2D eigenvalue weighted by Crippen LogP contribution is 2.43. The molecule has 23 heavy (non-hydrogen) atoms. The molecule has 1 aromatic heterocycles. The Bertz CT molecular complexity index is 960. The molecule has 0 bridgehead atoms. The summed E-state index contributed by atoms with van der Waals surface area (Å²) in [5.74, 6) is 0.0983. The first-order chi connectivity index (χ1) is 11.2. The van der Waals surface area contributed by atoms with Gasteiger partial charge in [0, 0.05) is 29.0 Å². The van der Waals surface area contributed by atoms with Crippen molar-refractivity contribution in [2.45, 2.75) is 12.6 Å². The van der Waals surface area contributed by atoms with Crippen molar-refractivity contribution in [3.63, 3.8) is 0 Å². The lowest BCUT2D eigenvalue weighted by molar-refractivity contribution is 0.0736. The molecule has 0 saturated carbocycles. The van der Waals surface area contributed by atoms with Crippen LogP contribution in [0.1, 0.15) is 33.2 Å². The molecule has 3 heterocycles. The summed E-state index contributed by atoms with van der Waals surface area (Å²) in [7, 11) is 0. The first-order valence-corrected chi connectivity index (χ1v) is 7.98. The number of fused-ring (bicyclic) bond motifs is 7. The number of rotatable bonds is 0. The number of halogens is 1. The molecular formula is C19H13ClN2O. The van der Waals surface area contributed by atoms with E-state index >= 15 is 0 Å². The lowest BCUT2D eigenvalue weighted by Gasteiger charge is -2.23. The molecule has 0 unspecified atom stereocenters. The monoisotopic (exact) mass is 320 g/mol. The summed E-state index contributed by atoms with van der Waals surface area (Å²) in [4.78, 5) is 14.8. The Morgan fingerprint density at radius 3 is 2.83 bits per heavy atom. The van der Waals surface area contributed by atoms with Crippen molar-refractivity contribution < 1.29 is 4.79 Å². The molecule has 0 fully saturated rings. The Labute approximate surface area is 138 Å². The summed E-state index contributed by atoms with van der Waals surface area (Å²) < 4.78 is 2.15. The van der Waals surface area contributed by atoms with E-state index in [0.717, 1.165) is 28.1 Å². The van der Waals surface area contributed by atoms with E-state index in [1.807, 2.05) is 53.6 Å². The van der Waals surface area contributed by atoms with Gasteiger partial charge in [-0.2, -0.15) is 0 Å². The molecule has 2 aliphatic rings. The van der Waals surface area contributed by atoms with Gasteiger partial charge in [0.25, 0.3) is 5.91 Å². The number of hydrogen-bond donors (Lipinski definition) is 0. The lowest BCUT2D eigenvalue weighted by Crippen LogP contribution is -2.27. The highest BCUT2D eigenvalue weighted by molar-refractivity contribution is 6.30. The second-order valence-corrected chi connectivity index (χ2v) is 6.44. The predicted octanol–water partition coefficient (Wildman–Crippen LogP) is 4.19. The molecule has 2 aromatic carbocycles. The zero-order valence-corrected chi connectivity index (χ0v) is 13.0. The molecule has 5 rings (SSSR count). The summed E-state index contributed by atoms with van der Waals surface area (Å²) in [6.45, 7) is 0.590. The molecule has 0 N–H and O–H groups in total. The van der Waals surface area contributed by atoms with Crippen LogP contribution in [0.3, 0.4) is 0 Å². The number of carbonyl (C=O) groups is 1. The number of hydrogen-bond acceptors (Lipinski definition) is 1. The third kappa shape index (κ3) is 1.68. The van der Waals surface area contributed by atoms with Gasteiger partial charge in [0.05, 0.1) is 11.7 Å². The van der Waals surface area contributed by atoms with Crippen molar-refractivity contribution in [1.29, 1.82) is 0 Å². The summed E-state index contributed by atoms with van der Waals surface area (Å²) in [5.41, 5.74) is 5.15. The molecule has 0 spiro atoms. The van der Waals surface area contributed by atoms with E-state index in [1.165, 1.54) is 0 Å². The van der Waals surface area contributed by atoms with Crippen molar-refractivity contribution >= 4 is 17.5 Å². The van der Waals surface area contributed by atoms with Gasteiger partial charge >= 0.3 is 0 Å². The van der Waals surface area contributed by atoms with E-state index < -0.39 is 0 Å². The third-order valence-electron chi connectivity index (χ3n) is 4.77. The Kier molecular flexibility index (Phi) is 2.53. The average Bonchev–Trinajstić information content (AvgIpc) is 3.10. The highest BCUT2D eigenvalue weighted by atomic mass is 35.5. The normalized spacial score (nSPS) is 18.0. The van der Waals surface area contributed by atoms with E-state index in [0.29, 0.717) is 11.6 Å². The van der Waals surface area contributed by atoms with Crippen molar-refractivity contribution in [3.05, 3.63) is 88.2 Å². The number of amides is 1. The molecule has 0 saturated heterocycles. The highest BCUT2D eigenvalue weighted by Gasteiger charge is 2.40. The topological polar surface area (TPSA) is 25.2 Å². The maximum absolute atomic E-state index is 12.9. The standard InChI is InChI=1S/C19H13ClN2O/c20-13-8-7-12-11-22-18(14-4-1-2-5-15(14)19(22)23)16-6-3-9-21(16)17(12)10-13/h1-10,18H,11H2/t18-/m0/s1. The van der Waals surface area contributed by atoms with Gasteiger partial charge in [0.2, 0.25) is 0 Å². The quantitative estimate of drug-likeness (QED) is 0.609. The van der Waals surface area contributed by atoms with Gasteiger partial charge in [0.15, 0.2) is 0 Å². The minimum Gasteiger partial charge on any atom is -0.322 e. The number of carbonyl (C=O) groups excluding carboxylic acids is 1. The summed E-state index contributed by atoms with van der Waals surface area (Å²) >= 11 is 6.20. The molecule has 4 heteroatoms. The number of nitrogens with zero attached hydrogens (tertiary/aromatic N) is 2. The lowest BCUT2D eigenvalue weighted by atomic mass is 10.0. The smallest absolute Gasteiger partial charge is 0.255 e. The maximum atomic E-state index is 12.9. The molecule has 1 amide bonds. The second-order valence-electron chi connectivity index (χ2n) is 6.00. The average molecular weight is 321 g/mol. The van der Waals surface area contributed by atoms with Crippen LogP contribution in [0.5, 0.6) is 0 Å². The molecule has 1 atom stereocenters. The zero-order valence-electron chi connectivity index (χ0n) is 12.2. The molecule has 3 aromatic rings. The van der Waals surface area contributed by atoms with Gasteiger partial charge in [0.1, 0.15) is 0 Å². The van der Waals surface area contributed by atoms with Crippen LogP contribution in [0.15, 0.2) is 60.8 Å². The zero-order chi connectivity index (χ0) is 15.6. The molecule has 3 nitrogen and oxygen atoms in total. The first-order valence-electron chi connectivity index (χ1n) is 7.60. The Hall–Kier alpha value is -2.52. The second kappa shape index (κ2) is 4.49. The van der Waals surface area contributed by atoms with Crippen LogP contribution in [-0.4, -0.2) is 15.4 Å². The molecular weight excluding hydrogens is 308 g/mol. The summed E-state index contributed by atoms with van der Waals surface area (Å²) in [6.07, 6.45) is 2.04. The molecule has 0 radical (unpaired) electrons. The van der Waals surface area contributed by atoms with Crippen LogP contribution in [0, 0.1) is 0 Å². The Balaban J connectivity index is 1.82. The van der Waals surface area contributed by atoms with E-state index in [1.54, 1.807) is 0 Å². The Morgan fingerprint density at radius 1 is 1.04 bits per heavy atom. The summed E-state index contributed by atoms with van der Waals surface area (Å²) in [6, 6.07) is 17.8.